The molecule has 0 radical (unpaired) electrons. The van der Waals surface area contributed by atoms with E-state index in [-0.39, 0.29) is 0 Å². The van der Waals surface area contributed by atoms with E-state index in [0.717, 1.165) is 77.5 Å². The Kier molecular flexibility index (Phi) is 14.9. The van der Waals surface area contributed by atoms with Crippen LogP contribution in [0.4, 0.5) is 22.7 Å². The van der Waals surface area contributed by atoms with Crippen LogP contribution in [-0.4, -0.2) is 26.2 Å². The Hall–Kier alpha value is -3.49. The second-order valence-corrected chi connectivity index (χ2v) is 16.6. The van der Waals surface area contributed by atoms with E-state index in [4.69, 9.17) is 0 Å². The SMILES string of the molecule is CCCCN(c1ccccc1C)[P+](N(CCCC)c1ccccc1C)(N(CCCC)c1ccccc1C)N(CCCC)c1ccccc1C. The molecule has 0 bridgehead atoms. The fourth-order valence-electron chi connectivity index (χ4n) is 7.02. The number of rotatable bonds is 20. The Bertz CT molecular complexity index is 1330. The van der Waals surface area contributed by atoms with Crippen molar-refractivity contribution in [3.63, 3.8) is 0 Å². The fourth-order valence-corrected chi connectivity index (χ4v) is 12.3. The first-order chi connectivity index (χ1) is 23.9. The predicted octanol–water partition coefficient (Wildman–Crippen LogP) is 13.1. The average molecular weight is 680 g/mol. The van der Waals surface area contributed by atoms with Crippen molar-refractivity contribution in [3.05, 3.63) is 119 Å². The maximum absolute atomic E-state index is 2.93. The van der Waals surface area contributed by atoms with Crippen molar-refractivity contribution in [2.45, 2.75) is 107 Å². The largest absolute Gasteiger partial charge is 0.405 e. The molecule has 0 aliphatic heterocycles. The first-order valence-electron chi connectivity index (χ1n) is 19.1. The summed E-state index contributed by atoms with van der Waals surface area (Å²) >= 11 is 0. The smallest absolute Gasteiger partial charge is 0.189 e. The highest BCUT2D eigenvalue weighted by Crippen LogP contribution is 2.74. The van der Waals surface area contributed by atoms with Crippen molar-refractivity contribution in [2.75, 3.05) is 44.9 Å². The third-order valence-electron chi connectivity index (χ3n) is 9.76. The van der Waals surface area contributed by atoms with E-state index in [1.54, 1.807) is 0 Å². The summed E-state index contributed by atoms with van der Waals surface area (Å²) in [6.45, 7) is 22.6. The van der Waals surface area contributed by atoms with Gasteiger partial charge in [-0.15, -0.1) is 0 Å². The molecule has 0 fully saturated rings. The lowest BCUT2D eigenvalue weighted by atomic mass is 10.2. The highest BCUT2D eigenvalue weighted by Gasteiger charge is 2.63. The van der Waals surface area contributed by atoms with Crippen LogP contribution in [0.2, 0.25) is 0 Å². The highest BCUT2D eigenvalue weighted by atomic mass is 31.2. The topological polar surface area (TPSA) is 13.0 Å². The third kappa shape index (κ3) is 8.64. The van der Waals surface area contributed by atoms with Crippen LogP contribution in [0.5, 0.6) is 0 Å². The third-order valence-corrected chi connectivity index (χ3v) is 14.0. The van der Waals surface area contributed by atoms with E-state index in [1.165, 1.54) is 45.0 Å². The maximum Gasteiger partial charge on any atom is 0.405 e. The van der Waals surface area contributed by atoms with E-state index in [1.807, 2.05) is 0 Å². The van der Waals surface area contributed by atoms with Crippen LogP contribution in [0, 0.1) is 27.7 Å². The summed E-state index contributed by atoms with van der Waals surface area (Å²) in [5.74, 6) is 0. The highest BCUT2D eigenvalue weighted by molar-refractivity contribution is 7.81. The summed E-state index contributed by atoms with van der Waals surface area (Å²) in [5, 5.41) is 0. The molecule has 0 saturated heterocycles. The number of anilines is 4. The van der Waals surface area contributed by atoms with Crippen molar-refractivity contribution in [3.8, 4) is 0 Å². The zero-order chi connectivity index (χ0) is 35.2. The van der Waals surface area contributed by atoms with Gasteiger partial charge in [-0.1, -0.05) is 126 Å². The lowest BCUT2D eigenvalue weighted by Gasteiger charge is -2.54. The Labute approximate surface area is 300 Å². The van der Waals surface area contributed by atoms with Gasteiger partial charge in [0.05, 0.1) is 48.9 Å². The molecule has 4 aromatic rings. The van der Waals surface area contributed by atoms with E-state index in [2.05, 4.69) is 171 Å². The van der Waals surface area contributed by atoms with E-state index in [9.17, 15) is 0 Å². The number of unbranched alkanes of at least 4 members (excludes halogenated alkanes) is 4. The second-order valence-electron chi connectivity index (χ2n) is 13.6. The Morgan fingerprint density at radius 2 is 0.551 bits per heavy atom. The van der Waals surface area contributed by atoms with Crippen LogP contribution in [0.3, 0.4) is 0 Å². The molecule has 0 aliphatic carbocycles. The summed E-state index contributed by atoms with van der Waals surface area (Å²) in [6, 6.07) is 36.8. The molecule has 0 unspecified atom stereocenters. The molecule has 4 aromatic carbocycles. The molecule has 0 N–H and O–H groups in total. The summed E-state index contributed by atoms with van der Waals surface area (Å²) in [5.41, 5.74) is 10.8. The minimum Gasteiger partial charge on any atom is -0.189 e. The van der Waals surface area contributed by atoms with Crippen LogP contribution in [0.1, 0.15) is 101 Å². The van der Waals surface area contributed by atoms with Gasteiger partial charge in [0.1, 0.15) is 0 Å². The molecular formula is C44H64N4P+. The van der Waals surface area contributed by atoms with Gasteiger partial charge in [-0.25, -0.2) is 0 Å². The van der Waals surface area contributed by atoms with Gasteiger partial charge in [-0.2, -0.15) is 18.7 Å². The van der Waals surface area contributed by atoms with Crippen molar-refractivity contribution < 1.29 is 0 Å². The van der Waals surface area contributed by atoms with Crippen molar-refractivity contribution in [1.29, 1.82) is 0 Å². The molecule has 4 rings (SSSR count). The number of hydrogen-bond donors (Lipinski definition) is 0. The molecule has 0 amide bonds. The lowest BCUT2D eigenvalue weighted by Crippen LogP contribution is -2.55. The second kappa shape index (κ2) is 19.0. The van der Waals surface area contributed by atoms with E-state index < -0.39 is 7.87 Å². The molecule has 4 nitrogen and oxygen atoms in total. The standard InChI is InChI=1S/C44H64N4P/c1-9-13-33-45(41-29-21-17-25-37(41)5)49(46(34-14-10-2)42-30-22-18-26-38(42)6,47(35-15-11-3)43-31-23-19-27-39(43)7)48(36-16-12-4)44-32-24-20-28-40(44)8/h17-32H,9-16,33-36H2,1-8H3/q+1. The van der Waals surface area contributed by atoms with Gasteiger partial charge < -0.3 is 0 Å². The number of benzene rings is 4. The van der Waals surface area contributed by atoms with Crippen LogP contribution in [0.15, 0.2) is 97.1 Å². The Balaban J connectivity index is 2.33. The molecule has 0 aromatic heterocycles. The van der Waals surface area contributed by atoms with Gasteiger partial charge in [-0.05, 0) is 99.9 Å². The molecule has 0 saturated carbocycles. The van der Waals surface area contributed by atoms with Gasteiger partial charge in [0.15, 0.2) is 0 Å². The maximum atomic E-state index is 2.93. The molecule has 0 heterocycles. The number of para-hydroxylation sites is 4. The normalized spacial score (nSPS) is 11.4. The molecule has 0 aliphatic rings. The molecule has 5 heteroatoms. The predicted molar refractivity (Wildman–Crippen MR) is 221 cm³/mol. The fraction of sp³-hybridized carbons (Fsp3) is 0.455. The van der Waals surface area contributed by atoms with E-state index >= 15 is 0 Å². The quantitative estimate of drug-likeness (QED) is 0.0862. The Morgan fingerprint density at radius 1 is 0.347 bits per heavy atom. The zero-order valence-electron chi connectivity index (χ0n) is 32.0. The van der Waals surface area contributed by atoms with Crippen molar-refractivity contribution in [2.24, 2.45) is 0 Å². The van der Waals surface area contributed by atoms with Gasteiger partial charge in [0, 0.05) is 0 Å². The Morgan fingerprint density at radius 3 is 0.735 bits per heavy atom. The van der Waals surface area contributed by atoms with Crippen LogP contribution in [0.25, 0.3) is 0 Å². The number of hydrogen-bond acceptors (Lipinski definition) is 4. The van der Waals surface area contributed by atoms with Gasteiger partial charge in [0.2, 0.25) is 0 Å². The minimum absolute atomic E-state index is 0.979. The molecule has 0 spiro atoms. The van der Waals surface area contributed by atoms with Crippen molar-refractivity contribution >= 4 is 30.6 Å². The lowest BCUT2D eigenvalue weighted by molar-refractivity contribution is 0.739. The van der Waals surface area contributed by atoms with Crippen LogP contribution >= 0.6 is 7.87 Å². The molecule has 264 valence electrons. The van der Waals surface area contributed by atoms with Gasteiger partial charge >= 0.3 is 7.87 Å². The number of aryl methyl sites for hydroxylation is 4. The van der Waals surface area contributed by atoms with Gasteiger partial charge in [0.25, 0.3) is 0 Å². The summed E-state index contributed by atoms with van der Waals surface area (Å²) in [7, 11) is -2.72. The molecule has 0 atom stereocenters. The summed E-state index contributed by atoms with van der Waals surface area (Å²) < 4.78 is 11.7. The average Bonchev–Trinajstić information content (AvgIpc) is 3.11. The van der Waals surface area contributed by atoms with Crippen molar-refractivity contribution in [1.82, 2.24) is 0 Å². The zero-order valence-corrected chi connectivity index (χ0v) is 32.9. The van der Waals surface area contributed by atoms with Crippen LogP contribution in [-0.2, 0) is 0 Å². The summed E-state index contributed by atoms with van der Waals surface area (Å²) in [6.07, 6.45) is 9.04. The monoisotopic (exact) mass is 679 g/mol. The number of nitrogens with zero attached hydrogens (tertiary/aromatic N) is 4. The van der Waals surface area contributed by atoms with E-state index in [0.29, 0.717) is 0 Å². The summed E-state index contributed by atoms with van der Waals surface area (Å²) in [4.78, 5) is 0. The molecular weight excluding hydrogens is 615 g/mol. The van der Waals surface area contributed by atoms with Crippen LogP contribution < -0.4 is 18.7 Å². The van der Waals surface area contributed by atoms with Gasteiger partial charge in [-0.3, -0.25) is 0 Å². The minimum atomic E-state index is -2.72. The first-order valence-corrected chi connectivity index (χ1v) is 20.7. The molecule has 49 heavy (non-hydrogen) atoms. The first kappa shape index (κ1) is 38.3.